The average molecular weight is 346 g/mol. The summed E-state index contributed by atoms with van der Waals surface area (Å²) in [7, 11) is 2.99. The van der Waals surface area contributed by atoms with Crippen LogP contribution in [0.2, 0.25) is 0 Å². The van der Waals surface area contributed by atoms with Crippen LogP contribution in [-0.2, 0) is 0 Å². The van der Waals surface area contributed by atoms with Crippen molar-refractivity contribution in [2.75, 3.05) is 27.3 Å². The van der Waals surface area contributed by atoms with E-state index in [0.29, 0.717) is 17.1 Å². The zero-order valence-electron chi connectivity index (χ0n) is 14.0. The molecule has 2 N–H and O–H groups in total. The summed E-state index contributed by atoms with van der Waals surface area (Å²) in [6.07, 6.45) is 0. The number of hydrogen-bond acceptors (Lipinski definition) is 4. The molecule has 2 amide bonds. The smallest absolute Gasteiger partial charge is 0.254 e. The van der Waals surface area contributed by atoms with Crippen molar-refractivity contribution in [3.63, 3.8) is 0 Å². The van der Waals surface area contributed by atoms with Gasteiger partial charge < -0.3 is 20.1 Å². The van der Waals surface area contributed by atoms with Crippen LogP contribution in [-0.4, -0.2) is 39.1 Å². The van der Waals surface area contributed by atoms with Crippen LogP contribution < -0.4 is 20.1 Å². The molecule has 2 rings (SSSR count). The van der Waals surface area contributed by atoms with Crippen molar-refractivity contribution in [1.82, 2.24) is 10.6 Å². The van der Waals surface area contributed by atoms with Crippen LogP contribution in [0.4, 0.5) is 4.39 Å². The summed E-state index contributed by atoms with van der Waals surface area (Å²) in [5, 5.41) is 5.21. The number of halogens is 1. The van der Waals surface area contributed by atoms with Gasteiger partial charge in [-0.1, -0.05) is 12.1 Å². The third kappa shape index (κ3) is 4.94. The molecule has 6 nitrogen and oxygen atoms in total. The molecular formula is C18H19FN2O4. The largest absolute Gasteiger partial charge is 0.497 e. The highest BCUT2D eigenvalue weighted by molar-refractivity contribution is 5.95. The number of nitrogens with one attached hydrogen (secondary N) is 2. The Bertz CT molecular complexity index is 742. The Morgan fingerprint density at radius 1 is 0.920 bits per heavy atom. The molecule has 0 radical (unpaired) electrons. The van der Waals surface area contributed by atoms with Gasteiger partial charge in [-0.05, 0) is 24.3 Å². The normalized spacial score (nSPS) is 10.0. The Hall–Kier alpha value is -3.09. The molecule has 0 heterocycles. The molecule has 0 spiro atoms. The van der Waals surface area contributed by atoms with E-state index >= 15 is 0 Å². The monoisotopic (exact) mass is 346 g/mol. The maximum Gasteiger partial charge on any atom is 0.254 e. The van der Waals surface area contributed by atoms with Crippen LogP contribution in [0.3, 0.4) is 0 Å². The van der Waals surface area contributed by atoms with Crippen molar-refractivity contribution in [3.05, 3.63) is 59.4 Å². The zero-order valence-corrected chi connectivity index (χ0v) is 14.0. The van der Waals surface area contributed by atoms with E-state index in [4.69, 9.17) is 9.47 Å². The second-order valence-corrected chi connectivity index (χ2v) is 5.09. The summed E-state index contributed by atoms with van der Waals surface area (Å²) in [4.78, 5) is 24.0. The first kappa shape index (κ1) is 18.3. The van der Waals surface area contributed by atoms with Gasteiger partial charge in [0.2, 0.25) is 0 Å². The van der Waals surface area contributed by atoms with Crippen LogP contribution in [0.15, 0.2) is 42.5 Å². The number of amides is 2. The molecule has 0 saturated heterocycles. The molecule has 0 atom stereocenters. The Kier molecular flexibility index (Phi) is 6.33. The number of benzene rings is 2. The molecule has 7 heteroatoms. The molecular weight excluding hydrogens is 327 g/mol. The predicted octanol–water partition coefficient (Wildman–Crippen LogP) is 2.00. The topological polar surface area (TPSA) is 76.7 Å². The van der Waals surface area contributed by atoms with Gasteiger partial charge in [0.15, 0.2) is 0 Å². The lowest BCUT2D eigenvalue weighted by atomic mass is 10.2. The van der Waals surface area contributed by atoms with Crippen LogP contribution in [0.5, 0.6) is 11.5 Å². The lowest BCUT2D eigenvalue weighted by Gasteiger charge is -2.10. The molecule has 0 aromatic heterocycles. The molecule has 0 saturated carbocycles. The second-order valence-electron chi connectivity index (χ2n) is 5.09. The first-order valence-electron chi connectivity index (χ1n) is 7.59. The summed E-state index contributed by atoms with van der Waals surface area (Å²) in [5.74, 6) is -0.463. The van der Waals surface area contributed by atoms with Gasteiger partial charge in [-0.15, -0.1) is 0 Å². The summed E-state index contributed by atoms with van der Waals surface area (Å²) in [6, 6.07) is 10.5. The van der Waals surface area contributed by atoms with Gasteiger partial charge in [0.1, 0.15) is 17.3 Å². The molecule has 0 aliphatic carbocycles. The van der Waals surface area contributed by atoms with E-state index in [1.807, 2.05) is 0 Å². The van der Waals surface area contributed by atoms with Crippen LogP contribution in [0.25, 0.3) is 0 Å². The van der Waals surface area contributed by atoms with Crippen molar-refractivity contribution < 1.29 is 23.5 Å². The molecule has 0 aliphatic heterocycles. The highest BCUT2D eigenvalue weighted by Crippen LogP contribution is 2.22. The average Bonchev–Trinajstić information content (AvgIpc) is 2.64. The Morgan fingerprint density at radius 2 is 1.48 bits per heavy atom. The lowest BCUT2D eigenvalue weighted by molar-refractivity contribution is 0.0925. The zero-order chi connectivity index (χ0) is 18.2. The Morgan fingerprint density at radius 3 is 2.04 bits per heavy atom. The third-order valence-electron chi connectivity index (χ3n) is 3.43. The van der Waals surface area contributed by atoms with Gasteiger partial charge in [0.25, 0.3) is 11.8 Å². The lowest BCUT2D eigenvalue weighted by Crippen LogP contribution is -2.35. The minimum absolute atomic E-state index is 0.0358. The number of carbonyl (C=O) groups is 2. The minimum atomic E-state index is -0.590. The SMILES string of the molecule is COc1cc(OC)cc(C(=O)NCCNC(=O)c2ccccc2F)c1. The standard InChI is InChI=1S/C18H19FN2O4/c1-24-13-9-12(10-14(11-13)25-2)17(22)20-7-8-21-18(23)15-5-3-4-6-16(15)19/h3-6,9-11H,7-8H2,1-2H3,(H,20,22)(H,21,23). The van der Waals surface area contributed by atoms with Crippen molar-refractivity contribution in [1.29, 1.82) is 0 Å². The van der Waals surface area contributed by atoms with Crippen LogP contribution in [0, 0.1) is 5.82 Å². The highest BCUT2D eigenvalue weighted by Gasteiger charge is 2.11. The predicted molar refractivity (Wildman–Crippen MR) is 90.6 cm³/mol. The number of hydrogen-bond donors (Lipinski definition) is 2. The summed E-state index contributed by atoms with van der Waals surface area (Å²) < 4.78 is 23.7. The van der Waals surface area contributed by atoms with Gasteiger partial charge in [0.05, 0.1) is 19.8 Å². The van der Waals surface area contributed by atoms with E-state index < -0.39 is 11.7 Å². The number of methoxy groups -OCH3 is 2. The van der Waals surface area contributed by atoms with Gasteiger partial charge >= 0.3 is 0 Å². The molecule has 0 bridgehead atoms. The van der Waals surface area contributed by atoms with Gasteiger partial charge in [-0.3, -0.25) is 9.59 Å². The maximum absolute atomic E-state index is 13.5. The molecule has 132 valence electrons. The third-order valence-corrected chi connectivity index (χ3v) is 3.43. The van der Waals surface area contributed by atoms with E-state index in [1.54, 1.807) is 24.3 Å². The van der Waals surface area contributed by atoms with Crippen LogP contribution >= 0.6 is 0 Å². The van der Waals surface area contributed by atoms with Crippen molar-refractivity contribution in [3.8, 4) is 11.5 Å². The number of carbonyl (C=O) groups excluding carboxylic acids is 2. The van der Waals surface area contributed by atoms with Crippen LogP contribution in [0.1, 0.15) is 20.7 Å². The first-order chi connectivity index (χ1) is 12.0. The molecule has 2 aromatic rings. The van der Waals surface area contributed by atoms with Crippen molar-refractivity contribution >= 4 is 11.8 Å². The number of rotatable bonds is 7. The van der Waals surface area contributed by atoms with E-state index in [1.165, 1.54) is 32.4 Å². The van der Waals surface area contributed by atoms with E-state index in [0.717, 1.165) is 0 Å². The molecule has 2 aromatic carbocycles. The molecule has 0 unspecified atom stereocenters. The van der Waals surface area contributed by atoms with Gasteiger partial charge in [-0.2, -0.15) is 0 Å². The Labute approximate surface area is 144 Å². The Balaban J connectivity index is 1.87. The molecule has 0 aliphatic rings. The van der Waals surface area contributed by atoms with Crippen molar-refractivity contribution in [2.24, 2.45) is 0 Å². The fraction of sp³-hybridized carbons (Fsp3) is 0.222. The van der Waals surface area contributed by atoms with Crippen molar-refractivity contribution in [2.45, 2.75) is 0 Å². The van der Waals surface area contributed by atoms with E-state index in [2.05, 4.69) is 10.6 Å². The fourth-order valence-corrected chi connectivity index (χ4v) is 2.13. The first-order valence-corrected chi connectivity index (χ1v) is 7.59. The summed E-state index contributed by atoms with van der Waals surface area (Å²) in [6.45, 7) is 0.360. The van der Waals surface area contributed by atoms with Gasteiger partial charge in [-0.25, -0.2) is 4.39 Å². The minimum Gasteiger partial charge on any atom is -0.497 e. The van der Waals surface area contributed by atoms with Gasteiger partial charge in [0, 0.05) is 24.7 Å². The fourth-order valence-electron chi connectivity index (χ4n) is 2.13. The van der Waals surface area contributed by atoms with E-state index in [9.17, 15) is 14.0 Å². The molecule has 25 heavy (non-hydrogen) atoms. The molecule has 0 fully saturated rings. The maximum atomic E-state index is 13.5. The highest BCUT2D eigenvalue weighted by atomic mass is 19.1. The second kappa shape index (κ2) is 8.68. The summed E-state index contributed by atoms with van der Waals surface area (Å²) in [5.41, 5.74) is 0.336. The quantitative estimate of drug-likeness (QED) is 0.752. The summed E-state index contributed by atoms with van der Waals surface area (Å²) >= 11 is 0. The van der Waals surface area contributed by atoms with E-state index in [-0.39, 0.29) is 24.6 Å². The number of ether oxygens (including phenoxy) is 2.